The van der Waals surface area contributed by atoms with Gasteiger partial charge < -0.3 is 4.52 Å². The van der Waals surface area contributed by atoms with Crippen molar-refractivity contribution in [1.29, 1.82) is 0 Å². The minimum Gasteiger partial charge on any atom is -0.350 e. The van der Waals surface area contributed by atoms with E-state index < -0.39 is 29.1 Å². The fraction of sp³-hybridized carbons (Fsp3) is 0.167. The molecule has 0 bridgehead atoms. The van der Waals surface area contributed by atoms with Crippen LogP contribution in [0.5, 0.6) is 0 Å². The second kappa shape index (κ2) is 4.49. The van der Waals surface area contributed by atoms with E-state index in [1.165, 1.54) is 12.1 Å². The molecule has 1 aromatic heterocycles. The van der Waals surface area contributed by atoms with Crippen LogP contribution in [0.15, 0.2) is 28.8 Å². The molecule has 0 aliphatic carbocycles. The highest BCUT2D eigenvalue weighted by Crippen LogP contribution is 2.37. The average Bonchev–Trinajstić information content (AvgIpc) is 2.72. The van der Waals surface area contributed by atoms with E-state index >= 15 is 0 Å². The Morgan fingerprint density at radius 1 is 1.32 bits per heavy atom. The van der Waals surface area contributed by atoms with E-state index in [2.05, 4.69) is 9.68 Å². The molecule has 0 aliphatic heterocycles. The van der Waals surface area contributed by atoms with Crippen molar-refractivity contribution in [3.05, 3.63) is 41.4 Å². The molecule has 0 radical (unpaired) electrons. The van der Waals surface area contributed by atoms with Gasteiger partial charge in [0.25, 0.3) is 5.76 Å². The summed E-state index contributed by atoms with van der Waals surface area (Å²) in [6.45, 7) is 0.963. The smallest absolute Gasteiger partial charge is 0.350 e. The Kier molecular flexibility index (Phi) is 3.13. The summed E-state index contributed by atoms with van der Waals surface area (Å²) in [6, 6.07) is 4.75. The van der Waals surface area contributed by atoms with Crippen LogP contribution in [0.3, 0.4) is 0 Å². The fourth-order valence-electron chi connectivity index (χ4n) is 1.64. The third-order valence-electron chi connectivity index (χ3n) is 2.40. The van der Waals surface area contributed by atoms with Crippen molar-refractivity contribution in [3.63, 3.8) is 0 Å². The zero-order valence-corrected chi connectivity index (χ0v) is 9.58. The summed E-state index contributed by atoms with van der Waals surface area (Å²) in [5, 5.41) is 3.23. The van der Waals surface area contributed by atoms with E-state index in [9.17, 15) is 22.4 Å². The molecule has 1 aromatic carbocycles. The van der Waals surface area contributed by atoms with Crippen molar-refractivity contribution >= 4 is 5.78 Å². The first-order chi connectivity index (χ1) is 8.80. The third-order valence-corrected chi connectivity index (χ3v) is 2.40. The maximum Gasteiger partial charge on any atom is 0.453 e. The summed E-state index contributed by atoms with van der Waals surface area (Å²) in [5.74, 6) is -2.98. The summed E-state index contributed by atoms with van der Waals surface area (Å²) >= 11 is 0. The Morgan fingerprint density at radius 3 is 2.53 bits per heavy atom. The summed E-state index contributed by atoms with van der Waals surface area (Å²) in [6.07, 6.45) is -4.83. The number of benzene rings is 1. The molecule has 3 nitrogen and oxygen atoms in total. The lowest BCUT2D eigenvalue weighted by Crippen LogP contribution is -2.09. The molecule has 0 fully saturated rings. The zero-order valence-electron chi connectivity index (χ0n) is 9.58. The highest BCUT2D eigenvalue weighted by Gasteiger charge is 2.41. The molecule has 1 heterocycles. The molecule has 0 amide bonds. The topological polar surface area (TPSA) is 43.1 Å². The van der Waals surface area contributed by atoms with Gasteiger partial charge in [0.1, 0.15) is 11.5 Å². The van der Waals surface area contributed by atoms with Crippen LogP contribution in [0.4, 0.5) is 17.6 Å². The van der Waals surface area contributed by atoms with Gasteiger partial charge in [-0.05, 0) is 19.1 Å². The van der Waals surface area contributed by atoms with E-state index in [-0.39, 0.29) is 11.3 Å². The molecule has 7 heteroatoms. The van der Waals surface area contributed by atoms with E-state index in [0.29, 0.717) is 0 Å². The molecule has 0 aliphatic rings. The number of halogens is 4. The molecule has 19 heavy (non-hydrogen) atoms. The van der Waals surface area contributed by atoms with E-state index in [0.717, 1.165) is 19.1 Å². The molecular weight excluding hydrogens is 266 g/mol. The lowest BCUT2D eigenvalue weighted by molar-refractivity contribution is -0.155. The van der Waals surface area contributed by atoms with Crippen LogP contribution < -0.4 is 0 Å². The van der Waals surface area contributed by atoms with Crippen molar-refractivity contribution in [3.8, 4) is 11.3 Å². The Hall–Kier alpha value is -2.18. The van der Waals surface area contributed by atoms with Crippen LogP contribution in [0, 0.1) is 5.82 Å². The van der Waals surface area contributed by atoms with Gasteiger partial charge in [0.05, 0.1) is 5.56 Å². The van der Waals surface area contributed by atoms with Gasteiger partial charge in [-0.25, -0.2) is 4.39 Å². The first-order valence-corrected chi connectivity index (χ1v) is 5.14. The highest BCUT2D eigenvalue weighted by atomic mass is 19.4. The molecule has 100 valence electrons. The Labute approximate surface area is 104 Å². The summed E-state index contributed by atoms with van der Waals surface area (Å²) in [7, 11) is 0. The first-order valence-electron chi connectivity index (χ1n) is 5.14. The highest BCUT2D eigenvalue weighted by molar-refractivity contribution is 6.00. The maximum atomic E-state index is 13.1. The SMILES string of the molecule is CC(=O)c1c(-c2cccc(F)c2)noc1C(F)(F)F. The van der Waals surface area contributed by atoms with Gasteiger partial charge in [-0.15, -0.1) is 0 Å². The second-order valence-corrected chi connectivity index (χ2v) is 3.80. The van der Waals surface area contributed by atoms with Crippen LogP contribution in [0.25, 0.3) is 11.3 Å². The molecule has 0 spiro atoms. The fourth-order valence-corrected chi connectivity index (χ4v) is 1.64. The number of ketones is 1. The molecule has 0 atom stereocenters. The number of carbonyl (C=O) groups excluding carboxylic acids is 1. The first kappa shape index (κ1) is 13.3. The summed E-state index contributed by atoms with van der Waals surface area (Å²) < 4.78 is 55.2. The van der Waals surface area contributed by atoms with Crippen LogP contribution in [-0.4, -0.2) is 10.9 Å². The van der Waals surface area contributed by atoms with Gasteiger partial charge in [0, 0.05) is 5.56 Å². The lowest BCUT2D eigenvalue weighted by Gasteiger charge is -2.03. The Bertz CT molecular complexity index is 631. The number of carbonyl (C=O) groups is 1. The van der Waals surface area contributed by atoms with E-state index in [1.54, 1.807) is 0 Å². The maximum absolute atomic E-state index is 13.1. The van der Waals surface area contributed by atoms with Gasteiger partial charge in [0.2, 0.25) is 0 Å². The van der Waals surface area contributed by atoms with Gasteiger partial charge in [-0.3, -0.25) is 4.79 Å². The number of alkyl halides is 3. The second-order valence-electron chi connectivity index (χ2n) is 3.80. The standard InChI is InChI=1S/C12H7F4NO2/c1-6(18)9-10(7-3-2-4-8(13)5-7)17-19-11(9)12(14,15)16/h2-5H,1H3. The predicted octanol–water partition coefficient (Wildman–Crippen LogP) is 3.70. The number of aromatic nitrogens is 1. The Morgan fingerprint density at radius 2 is 2.00 bits per heavy atom. The molecular formula is C12H7F4NO2. The monoisotopic (exact) mass is 273 g/mol. The van der Waals surface area contributed by atoms with Crippen molar-refractivity contribution < 1.29 is 26.9 Å². The summed E-state index contributed by atoms with van der Waals surface area (Å²) in [5.41, 5.74) is -0.970. The van der Waals surface area contributed by atoms with Crippen LogP contribution >= 0.6 is 0 Å². The Balaban J connectivity index is 2.66. The third kappa shape index (κ3) is 2.49. The number of hydrogen-bond acceptors (Lipinski definition) is 3. The van der Waals surface area contributed by atoms with Crippen molar-refractivity contribution in [1.82, 2.24) is 5.16 Å². The summed E-state index contributed by atoms with van der Waals surface area (Å²) in [4.78, 5) is 11.4. The number of rotatable bonds is 2. The molecule has 0 saturated carbocycles. The van der Waals surface area contributed by atoms with Crippen LogP contribution in [-0.2, 0) is 6.18 Å². The average molecular weight is 273 g/mol. The van der Waals surface area contributed by atoms with Crippen LogP contribution in [0.2, 0.25) is 0 Å². The minimum absolute atomic E-state index is 0.0458. The van der Waals surface area contributed by atoms with Crippen LogP contribution in [0.1, 0.15) is 23.0 Å². The van der Waals surface area contributed by atoms with Crippen molar-refractivity contribution in [2.24, 2.45) is 0 Å². The van der Waals surface area contributed by atoms with Gasteiger partial charge in [-0.1, -0.05) is 17.3 Å². The predicted molar refractivity (Wildman–Crippen MR) is 56.9 cm³/mol. The van der Waals surface area contributed by atoms with E-state index in [4.69, 9.17) is 0 Å². The number of nitrogens with zero attached hydrogens (tertiary/aromatic N) is 1. The minimum atomic E-state index is -4.83. The lowest BCUT2D eigenvalue weighted by atomic mass is 10.0. The van der Waals surface area contributed by atoms with Crippen molar-refractivity contribution in [2.75, 3.05) is 0 Å². The largest absolute Gasteiger partial charge is 0.453 e. The normalized spacial score (nSPS) is 11.6. The number of hydrogen-bond donors (Lipinski definition) is 0. The number of Topliss-reactive ketones (excluding diaryl/α,β-unsaturated/α-hetero) is 1. The molecule has 0 unspecified atom stereocenters. The van der Waals surface area contributed by atoms with Gasteiger partial charge in [0.15, 0.2) is 5.78 Å². The van der Waals surface area contributed by atoms with Gasteiger partial charge >= 0.3 is 6.18 Å². The molecule has 2 aromatic rings. The quantitative estimate of drug-likeness (QED) is 0.619. The van der Waals surface area contributed by atoms with Gasteiger partial charge in [-0.2, -0.15) is 13.2 Å². The van der Waals surface area contributed by atoms with E-state index in [1.807, 2.05) is 0 Å². The molecule has 0 N–H and O–H groups in total. The zero-order chi connectivity index (χ0) is 14.2. The molecule has 0 saturated heterocycles. The molecule has 2 rings (SSSR count). The van der Waals surface area contributed by atoms with Crippen molar-refractivity contribution in [2.45, 2.75) is 13.1 Å².